The van der Waals surface area contributed by atoms with Crippen molar-refractivity contribution in [3.05, 3.63) is 29.8 Å². The minimum absolute atomic E-state index is 0.156. The molecule has 15 heavy (non-hydrogen) atoms. The molecule has 0 amide bonds. The van der Waals surface area contributed by atoms with Crippen LogP contribution in [-0.4, -0.2) is 14.2 Å². The fourth-order valence-corrected chi connectivity index (χ4v) is 2.17. The number of hydrogen-bond donors (Lipinski definition) is 0. The van der Waals surface area contributed by atoms with Crippen molar-refractivity contribution in [3.8, 4) is 0 Å². The van der Waals surface area contributed by atoms with Gasteiger partial charge in [-0.1, -0.05) is 23.9 Å². The van der Waals surface area contributed by atoms with Crippen LogP contribution < -0.4 is 0 Å². The van der Waals surface area contributed by atoms with Gasteiger partial charge in [0.25, 0.3) is 5.76 Å². The first-order valence-corrected chi connectivity index (χ1v) is 6.26. The first-order valence-electron chi connectivity index (χ1n) is 3.83. The normalized spacial score (nSPS) is 12.0. The van der Waals surface area contributed by atoms with Crippen LogP contribution in [0.15, 0.2) is 29.2 Å². The molecule has 0 unspecified atom stereocenters. The average Bonchev–Trinajstić information content (AvgIpc) is 1.99. The molecule has 2 nitrogen and oxygen atoms in total. The van der Waals surface area contributed by atoms with Crippen LogP contribution in [-0.2, 0) is 16.0 Å². The van der Waals surface area contributed by atoms with Gasteiger partial charge in [0.1, 0.15) is 5.75 Å². The van der Waals surface area contributed by atoms with E-state index in [1.807, 2.05) is 0 Å². The molecule has 7 heteroatoms. The van der Waals surface area contributed by atoms with E-state index >= 15 is 0 Å². The predicted molar refractivity (Wildman–Crippen MR) is 52.0 cm³/mol. The van der Waals surface area contributed by atoms with Crippen LogP contribution in [0, 0.1) is 0 Å². The summed E-state index contributed by atoms with van der Waals surface area (Å²) in [6.45, 7) is 0. The maximum Gasteiger partial charge on any atom is 0.306 e. The average molecular weight is 256 g/mol. The molecule has 1 rings (SSSR count). The molecule has 0 atom stereocenters. The van der Waals surface area contributed by atoms with E-state index in [4.69, 9.17) is 0 Å². The highest BCUT2D eigenvalue weighted by molar-refractivity contribution is 7.99. The summed E-state index contributed by atoms with van der Waals surface area (Å²) < 4.78 is 56.8. The van der Waals surface area contributed by atoms with Crippen LogP contribution >= 0.6 is 11.8 Å². The number of hydrogen-bond acceptors (Lipinski definition) is 3. The molecular formula is C8H7F3O2S2. The standard InChI is InChI=1S/C8H7F3O2S2/c9-8(10)14-7-3-1-2-6(4-7)5-15(11,12)13/h1-4,8H,5H2. The Hall–Kier alpha value is -0.690. The van der Waals surface area contributed by atoms with Crippen molar-refractivity contribution in [1.82, 2.24) is 0 Å². The Morgan fingerprint density at radius 2 is 2.00 bits per heavy atom. The molecule has 84 valence electrons. The largest absolute Gasteiger partial charge is 0.306 e. The molecule has 0 aliphatic carbocycles. The lowest BCUT2D eigenvalue weighted by molar-refractivity contribution is 0.252. The lowest BCUT2D eigenvalue weighted by atomic mass is 10.2. The maximum absolute atomic E-state index is 12.3. The third kappa shape index (κ3) is 5.08. The first kappa shape index (κ1) is 12.4. The first-order chi connectivity index (χ1) is 6.87. The van der Waals surface area contributed by atoms with Gasteiger partial charge < -0.3 is 0 Å². The topological polar surface area (TPSA) is 34.1 Å². The molecule has 1 aromatic rings. The fraction of sp³-hybridized carbons (Fsp3) is 0.250. The van der Waals surface area contributed by atoms with Crippen molar-refractivity contribution in [2.24, 2.45) is 0 Å². The Balaban J connectivity index is 2.83. The van der Waals surface area contributed by atoms with Gasteiger partial charge in [0, 0.05) is 4.90 Å². The molecule has 0 radical (unpaired) electrons. The highest BCUT2D eigenvalue weighted by Crippen LogP contribution is 2.26. The summed E-state index contributed by atoms with van der Waals surface area (Å²) in [7, 11) is -4.62. The minimum atomic E-state index is -4.62. The summed E-state index contributed by atoms with van der Waals surface area (Å²) >= 11 is 0.288. The highest BCUT2D eigenvalue weighted by atomic mass is 32.3. The quantitative estimate of drug-likeness (QED) is 0.613. The minimum Gasteiger partial charge on any atom is -0.198 e. The van der Waals surface area contributed by atoms with Crippen molar-refractivity contribution in [3.63, 3.8) is 0 Å². The number of benzene rings is 1. The fourth-order valence-electron chi connectivity index (χ4n) is 1.01. The Morgan fingerprint density at radius 1 is 1.33 bits per heavy atom. The Kier molecular flexibility index (Phi) is 4.04. The Bertz CT molecular complexity index is 431. The predicted octanol–water partition coefficient (Wildman–Crippen LogP) is 2.80. The lowest BCUT2D eigenvalue weighted by Crippen LogP contribution is -1.96. The van der Waals surface area contributed by atoms with E-state index in [1.165, 1.54) is 24.3 Å². The second-order valence-corrected chi connectivity index (χ2v) is 5.14. The SMILES string of the molecule is O=S(=O)(F)Cc1cccc(SC(F)F)c1. The van der Waals surface area contributed by atoms with E-state index in [-0.39, 0.29) is 22.2 Å². The highest BCUT2D eigenvalue weighted by Gasteiger charge is 2.10. The molecule has 0 fully saturated rings. The smallest absolute Gasteiger partial charge is 0.198 e. The summed E-state index contributed by atoms with van der Waals surface area (Å²) in [4.78, 5) is 0.214. The van der Waals surface area contributed by atoms with E-state index < -0.39 is 21.7 Å². The van der Waals surface area contributed by atoms with Crippen molar-refractivity contribution < 1.29 is 21.1 Å². The number of halogens is 3. The van der Waals surface area contributed by atoms with Gasteiger partial charge in [-0.25, -0.2) is 0 Å². The molecule has 0 spiro atoms. The zero-order chi connectivity index (χ0) is 11.5. The van der Waals surface area contributed by atoms with Gasteiger partial charge in [-0.15, -0.1) is 3.89 Å². The molecule has 0 aromatic heterocycles. The summed E-state index contributed by atoms with van der Waals surface area (Å²) in [6, 6.07) is 5.41. The summed E-state index contributed by atoms with van der Waals surface area (Å²) in [5, 5.41) is 0. The van der Waals surface area contributed by atoms with Crippen LogP contribution in [0.3, 0.4) is 0 Å². The number of alkyl halides is 2. The van der Waals surface area contributed by atoms with Crippen molar-refractivity contribution in [2.45, 2.75) is 16.4 Å². The number of rotatable bonds is 4. The molecule has 0 bridgehead atoms. The Morgan fingerprint density at radius 3 is 2.53 bits per heavy atom. The summed E-state index contributed by atoms with van der Waals surface area (Å²) in [5.41, 5.74) is 0.156. The zero-order valence-electron chi connectivity index (χ0n) is 7.36. The second-order valence-electron chi connectivity index (χ2n) is 2.71. The van der Waals surface area contributed by atoms with Gasteiger partial charge in [0.15, 0.2) is 0 Å². The van der Waals surface area contributed by atoms with E-state index in [2.05, 4.69) is 0 Å². The van der Waals surface area contributed by atoms with E-state index in [0.29, 0.717) is 0 Å². The van der Waals surface area contributed by atoms with E-state index in [0.717, 1.165) is 0 Å². The molecule has 0 N–H and O–H groups in total. The van der Waals surface area contributed by atoms with Crippen molar-refractivity contribution >= 4 is 22.0 Å². The molecule has 0 saturated heterocycles. The van der Waals surface area contributed by atoms with Gasteiger partial charge in [0.2, 0.25) is 0 Å². The van der Waals surface area contributed by atoms with Crippen molar-refractivity contribution in [1.29, 1.82) is 0 Å². The van der Waals surface area contributed by atoms with Gasteiger partial charge >= 0.3 is 10.2 Å². The van der Waals surface area contributed by atoms with Gasteiger partial charge in [0.05, 0.1) is 0 Å². The monoisotopic (exact) mass is 256 g/mol. The zero-order valence-corrected chi connectivity index (χ0v) is 8.99. The molecule has 0 heterocycles. The van der Waals surface area contributed by atoms with Crippen LogP contribution in [0.1, 0.15) is 5.56 Å². The second kappa shape index (κ2) is 4.89. The molecular weight excluding hydrogens is 249 g/mol. The molecule has 0 saturated carbocycles. The van der Waals surface area contributed by atoms with Crippen LogP contribution in [0.25, 0.3) is 0 Å². The third-order valence-electron chi connectivity index (χ3n) is 1.46. The van der Waals surface area contributed by atoms with Gasteiger partial charge in [-0.2, -0.15) is 17.2 Å². The van der Waals surface area contributed by atoms with Gasteiger partial charge in [-0.05, 0) is 17.7 Å². The van der Waals surface area contributed by atoms with Gasteiger partial charge in [-0.3, -0.25) is 0 Å². The summed E-state index contributed by atoms with van der Waals surface area (Å²) in [6.07, 6.45) is 0. The van der Waals surface area contributed by atoms with Crippen molar-refractivity contribution in [2.75, 3.05) is 0 Å². The van der Waals surface area contributed by atoms with Crippen LogP contribution in [0.5, 0.6) is 0 Å². The van der Waals surface area contributed by atoms with E-state index in [1.54, 1.807) is 0 Å². The number of thioether (sulfide) groups is 1. The van der Waals surface area contributed by atoms with E-state index in [9.17, 15) is 21.1 Å². The molecule has 1 aromatic carbocycles. The van der Waals surface area contributed by atoms with Crippen LogP contribution in [0.4, 0.5) is 12.7 Å². The van der Waals surface area contributed by atoms with Crippen LogP contribution in [0.2, 0.25) is 0 Å². The molecule has 0 aliphatic heterocycles. The lowest BCUT2D eigenvalue weighted by Gasteiger charge is -2.02. The molecule has 0 aliphatic rings. The summed E-state index contributed by atoms with van der Waals surface area (Å²) in [5.74, 6) is -3.37. The Labute approximate surface area is 89.7 Å². The maximum atomic E-state index is 12.3. The third-order valence-corrected chi connectivity index (χ3v) is 2.85.